The van der Waals surface area contributed by atoms with E-state index in [0.29, 0.717) is 21.4 Å². The second-order valence-electron chi connectivity index (χ2n) is 5.77. The van der Waals surface area contributed by atoms with E-state index in [-0.39, 0.29) is 18.3 Å². The summed E-state index contributed by atoms with van der Waals surface area (Å²) in [6.45, 7) is 4.03. The van der Waals surface area contributed by atoms with Crippen molar-refractivity contribution < 1.29 is 9.18 Å². The number of nitrogens with one attached hydrogen (secondary N) is 1. The van der Waals surface area contributed by atoms with E-state index in [4.69, 9.17) is 23.2 Å². The predicted octanol–water partition coefficient (Wildman–Crippen LogP) is 4.18. The number of hydrogen-bond acceptors (Lipinski definition) is 1. The molecule has 0 aliphatic rings. The zero-order valence-corrected chi connectivity index (χ0v) is 14.1. The van der Waals surface area contributed by atoms with Crippen molar-refractivity contribution in [3.8, 4) is 0 Å². The lowest BCUT2D eigenvalue weighted by molar-refractivity contribution is 0.0937. The van der Waals surface area contributed by atoms with Crippen molar-refractivity contribution in [1.29, 1.82) is 0 Å². The van der Waals surface area contributed by atoms with Gasteiger partial charge in [0.1, 0.15) is 16.7 Å². The fourth-order valence-electron chi connectivity index (χ4n) is 2.26. The minimum atomic E-state index is -0.542. The molecule has 3 nitrogen and oxygen atoms in total. The van der Waals surface area contributed by atoms with Gasteiger partial charge in [-0.1, -0.05) is 55.2 Å². The quantitative estimate of drug-likeness (QED) is 0.888. The largest absolute Gasteiger partial charge is 0.350 e. The highest BCUT2D eigenvalue weighted by molar-refractivity contribution is 6.41. The Bertz CT molecular complexity index is 710. The topological polar surface area (TPSA) is 34.0 Å². The van der Waals surface area contributed by atoms with Gasteiger partial charge in [0.05, 0.1) is 5.02 Å². The van der Waals surface area contributed by atoms with E-state index in [1.165, 1.54) is 16.7 Å². The van der Waals surface area contributed by atoms with Gasteiger partial charge in [-0.2, -0.15) is 0 Å². The van der Waals surface area contributed by atoms with Gasteiger partial charge in [-0.05, 0) is 17.7 Å². The summed E-state index contributed by atoms with van der Waals surface area (Å²) >= 11 is 11.9. The van der Waals surface area contributed by atoms with Crippen LogP contribution in [-0.4, -0.2) is 17.0 Å². The van der Waals surface area contributed by atoms with Gasteiger partial charge in [-0.15, -0.1) is 0 Å². The molecule has 118 valence electrons. The van der Waals surface area contributed by atoms with Gasteiger partial charge < -0.3 is 9.88 Å². The Hall–Kier alpha value is -1.52. The lowest BCUT2D eigenvalue weighted by Crippen LogP contribution is -2.37. The molecule has 0 radical (unpaired) electrons. The Morgan fingerprint density at radius 2 is 1.95 bits per heavy atom. The summed E-state index contributed by atoms with van der Waals surface area (Å²) in [5, 5.41) is 3.43. The lowest BCUT2D eigenvalue weighted by atomic mass is 9.84. The molecule has 2 aromatic rings. The molecule has 1 aromatic carbocycles. The molecule has 0 saturated heterocycles. The summed E-state index contributed by atoms with van der Waals surface area (Å²) in [6, 6.07) is 8.06. The molecule has 1 aromatic heterocycles. The molecule has 2 rings (SSSR count). The zero-order chi connectivity index (χ0) is 16.5. The number of nitrogens with zero attached hydrogens (tertiary/aromatic N) is 1. The number of carbonyl (C=O) groups is 1. The first-order valence-electron chi connectivity index (χ1n) is 6.78. The smallest absolute Gasteiger partial charge is 0.268 e. The van der Waals surface area contributed by atoms with E-state index in [1.54, 1.807) is 25.2 Å². The van der Waals surface area contributed by atoms with Crippen molar-refractivity contribution in [1.82, 2.24) is 9.88 Å². The number of aromatic nitrogens is 1. The van der Waals surface area contributed by atoms with E-state index in [9.17, 15) is 9.18 Å². The molecule has 0 atom stereocenters. The number of benzene rings is 1. The molecule has 0 aliphatic heterocycles. The molecular formula is C16H17Cl2FN2O. The molecule has 6 heteroatoms. The normalized spacial score (nSPS) is 11.5. The van der Waals surface area contributed by atoms with Crippen LogP contribution in [-0.2, 0) is 12.5 Å². The van der Waals surface area contributed by atoms with Gasteiger partial charge in [0.15, 0.2) is 0 Å². The van der Waals surface area contributed by atoms with E-state index in [2.05, 4.69) is 5.32 Å². The maximum absolute atomic E-state index is 13.9. The summed E-state index contributed by atoms with van der Waals surface area (Å²) in [4.78, 5) is 12.3. The molecule has 0 aliphatic carbocycles. The number of hydrogen-bond donors (Lipinski definition) is 1. The van der Waals surface area contributed by atoms with E-state index in [0.717, 1.165) is 0 Å². The highest BCUT2D eigenvalue weighted by atomic mass is 35.5. The summed E-state index contributed by atoms with van der Waals surface area (Å²) < 4.78 is 15.4. The van der Waals surface area contributed by atoms with Crippen LogP contribution in [0.3, 0.4) is 0 Å². The van der Waals surface area contributed by atoms with Crippen LogP contribution in [0.5, 0.6) is 0 Å². The molecule has 0 saturated carbocycles. The minimum absolute atomic E-state index is 0.285. The second-order valence-corrected chi connectivity index (χ2v) is 6.54. The third-order valence-corrected chi connectivity index (χ3v) is 4.48. The van der Waals surface area contributed by atoms with Crippen LogP contribution in [0, 0.1) is 5.82 Å². The summed E-state index contributed by atoms with van der Waals surface area (Å²) in [7, 11) is 1.66. The Labute approximate surface area is 139 Å². The Morgan fingerprint density at radius 3 is 2.50 bits per heavy atom. The lowest BCUT2D eigenvalue weighted by Gasteiger charge is -2.26. The highest BCUT2D eigenvalue weighted by Gasteiger charge is 2.25. The molecular weight excluding hydrogens is 326 g/mol. The zero-order valence-electron chi connectivity index (χ0n) is 12.6. The monoisotopic (exact) mass is 342 g/mol. The average molecular weight is 343 g/mol. The van der Waals surface area contributed by atoms with Gasteiger partial charge in [0.25, 0.3) is 5.91 Å². The number of halogens is 3. The molecule has 1 heterocycles. The van der Waals surface area contributed by atoms with Gasteiger partial charge in [-0.25, -0.2) is 4.39 Å². The van der Waals surface area contributed by atoms with Crippen molar-refractivity contribution in [2.75, 3.05) is 6.54 Å². The first-order chi connectivity index (χ1) is 10.2. The van der Waals surface area contributed by atoms with Gasteiger partial charge >= 0.3 is 0 Å². The Morgan fingerprint density at radius 1 is 1.32 bits per heavy atom. The third-order valence-electron chi connectivity index (χ3n) is 3.64. The summed E-state index contributed by atoms with van der Waals surface area (Å²) in [5.74, 6) is -0.590. The minimum Gasteiger partial charge on any atom is -0.350 e. The molecule has 0 unspecified atom stereocenters. The molecule has 0 spiro atoms. The molecule has 0 fully saturated rings. The highest BCUT2D eigenvalue weighted by Crippen LogP contribution is 2.27. The van der Waals surface area contributed by atoms with Crippen molar-refractivity contribution >= 4 is 29.1 Å². The van der Waals surface area contributed by atoms with Gasteiger partial charge in [0, 0.05) is 19.0 Å². The van der Waals surface area contributed by atoms with E-state index in [1.807, 2.05) is 13.8 Å². The Balaban J connectivity index is 2.13. The van der Waals surface area contributed by atoms with Crippen LogP contribution in [0.15, 0.2) is 30.3 Å². The second kappa shape index (κ2) is 6.31. The van der Waals surface area contributed by atoms with Crippen molar-refractivity contribution in [3.63, 3.8) is 0 Å². The van der Waals surface area contributed by atoms with Gasteiger partial charge in [0.2, 0.25) is 0 Å². The van der Waals surface area contributed by atoms with E-state index >= 15 is 0 Å². The maximum atomic E-state index is 13.9. The standard InChI is InChI=1S/C16H17Cl2FN2O/c1-16(2,10-6-4-5-7-12(10)19)9-20-15(22)13-8-11(17)14(18)21(13)3/h4-8H,9H2,1-3H3,(H,20,22). The van der Waals surface area contributed by atoms with Crippen molar-refractivity contribution in [2.45, 2.75) is 19.3 Å². The molecule has 1 amide bonds. The van der Waals surface area contributed by atoms with Crippen molar-refractivity contribution in [2.24, 2.45) is 7.05 Å². The van der Waals surface area contributed by atoms with E-state index < -0.39 is 5.41 Å². The summed E-state index contributed by atoms with van der Waals surface area (Å²) in [5.41, 5.74) is 0.373. The first-order valence-corrected chi connectivity index (χ1v) is 7.53. The van der Waals surface area contributed by atoms with Crippen LogP contribution in [0.1, 0.15) is 29.9 Å². The number of carbonyl (C=O) groups excluding carboxylic acids is 1. The van der Waals surface area contributed by atoms with Crippen LogP contribution < -0.4 is 5.32 Å². The predicted molar refractivity (Wildman–Crippen MR) is 87.2 cm³/mol. The maximum Gasteiger partial charge on any atom is 0.268 e. The summed E-state index contributed by atoms with van der Waals surface area (Å²) in [6.07, 6.45) is 0. The molecule has 22 heavy (non-hydrogen) atoms. The van der Waals surface area contributed by atoms with Crippen LogP contribution in [0.25, 0.3) is 0 Å². The van der Waals surface area contributed by atoms with Crippen LogP contribution >= 0.6 is 23.2 Å². The average Bonchev–Trinajstić information content (AvgIpc) is 2.73. The fourth-order valence-corrected chi connectivity index (χ4v) is 2.63. The molecule has 0 bridgehead atoms. The molecule has 1 N–H and O–H groups in total. The number of rotatable bonds is 4. The SMILES string of the molecule is Cn1c(C(=O)NCC(C)(C)c2ccccc2F)cc(Cl)c1Cl. The number of amides is 1. The third kappa shape index (κ3) is 3.28. The first kappa shape index (κ1) is 16.8. The van der Waals surface area contributed by atoms with Crippen LogP contribution in [0.2, 0.25) is 10.2 Å². The fraction of sp³-hybridized carbons (Fsp3) is 0.312. The Kier molecular flexibility index (Phi) is 4.83. The van der Waals surface area contributed by atoms with Gasteiger partial charge in [-0.3, -0.25) is 4.79 Å². The van der Waals surface area contributed by atoms with Crippen LogP contribution in [0.4, 0.5) is 4.39 Å². The van der Waals surface area contributed by atoms with Crippen molar-refractivity contribution in [3.05, 3.63) is 57.6 Å².